The number of aryl methyl sites for hydroxylation is 1. The first-order chi connectivity index (χ1) is 13.6. The SMILES string of the molecule is CCC1CCCN(C(=O)c2ccc(OCc3cn4cccc(C)c4n3)cc2)C1. The van der Waals surface area contributed by atoms with Crippen LogP contribution < -0.4 is 4.74 Å². The highest BCUT2D eigenvalue weighted by atomic mass is 16.5. The van der Waals surface area contributed by atoms with E-state index in [0.29, 0.717) is 12.5 Å². The van der Waals surface area contributed by atoms with Gasteiger partial charge in [-0.1, -0.05) is 19.4 Å². The zero-order chi connectivity index (χ0) is 19.5. The molecule has 0 spiro atoms. The Kier molecular flexibility index (Phi) is 5.33. The van der Waals surface area contributed by atoms with Crippen LogP contribution in [-0.2, 0) is 6.61 Å². The number of piperidine rings is 1. The van der Waals surface area contributed by atoms with E-state index in [4.69, 9.17) is 4.74 Å². The number of nitrogens with zero attached hydrogens (tertiary/aromatic N) is 3. The average molecular weight is 377 g/mol. The van der Waals surface area contributed by atoms with Gasteiger partial charge in [0.15, 0.2) is 0 Å². The molecule has 3 aromatic rings. The molecule has 0 radical (unpaired) electrons. The van der Waals surface area contributed by atoms with Crippen LogP contribution in [0.2, 0.25) is 0 Å². The first kappa shape index (κ1) is 18.5. The number of hydrogen-bond donors (Lipinski definition) is 0. The number of rotatable bonds is 5. The molecule has 1 aliphatic rings. The highest BCUT2D eigenvalue weighted by molar-refractivity contribution is 5.94. The molecule has 3 heterocycles. The van der Waals surface area contributed by atoms with E-state index in [2.05, 4.69) is 11.9 Å². The lowest BCUT2D eigenvalue weighted by Crippen LogP contribution is -2.39. The smallest absolute Gasteiger partial charge is 0.253 e. The van der Waals surface area contributed by atoms with E-state index < -0.39 is 0 Å². The molecule has 1 unspecified atom stereocenters. The number of pyridine rings is 1. The zero-order valence-electron chi connectivity index (χ0n) is 16.6. The van der Waals surface area contributed by atoms with E-state index in [0.717, 1.165) is 54.1 Å². The highest BCUT2D eigenvalue weighted by Gasteiger charge is 2.23. The molecule has 1 saturated heterocycles. The van der Waals surface area contributed by atoms with Crippen molar-refractivity contribution >= 4 is 11.6 Å². The van der Waals surface area contributed by atoms with Crippen LogP contribution in [-0.4, -0.2) is 33.3 Å². The van der Waals surface area contributed by atoms with Crippen LogP contribution in [0.1, 0.15) is 47.8 Å². The Morgan fingerprint density at radius 2 is 2.07 bits per heavy atom. The minimum atomic E-state index is 0.125. The molecule has 1 aromatic carbocycles. The van der Waals surface area contributed by atoms with Crippen molar-refractivity contribution in [3.63, 3.8) is 0 Å². The standard InChI is InChI=1S/C23H27N3O2/c1-3-18-7-5-13-26(14-18)23(27)19-8-10-21(11-9-19)28-16-20-15-25-12-4-6-17(2)22(25)24-20/h4,6,8-12,15,18H,3,5,7,13-14,16H2,1-2H3. The number of hydrogen-bond acceptors (Lipinski definition) is 3. The Morgan fingerprint density at radius 3 is 2.82 bits per heavy atom. The monoisotopic (exact) mass is 377 g/mol. The third kappa shape index (κ3) is 3.88. The van der Waals surface area contributed by atoms with E-state index in [9.17, 15) is 4.79 Å². The van der Waals surface area contributed by atoms with E-state index in [-0.39, 0.29) is 5.91 Å². The molecule has 28 heavy (non-hydrogen) atoms. The number of imidazole rings is 1. The molecule has 1 atom stereocenters. The van der Waals surface area contributed by atoms with Crippen molar-refractivity contribution in [2.75, 3.05) is 13.1 Å². The molecule has 0 saturated carbocycles. The predicted octanol–water partition coefficient (Wildman–Crippen LogP) is 4.48. The van der Waals surface area contributed by atoms with Gasteiger partial charge in [-0.2, -0.15) is 0 Å². The van der Waals surface area contributed by atoms with Crippen LogP contribution in [0.5, 0.6) is 5.75 Å². The van der Waals surface area contributed by atoms with Gasteiger partial charge >= 0.3 is 0 Å². The van der Waals surface area contributed by atoms with Gasteiger partial charge in [-0.3, -0.25) is 4.79 Å². The lowest BCUT2D eigenvalue weighted by atomic mass is 9.95. The van der Waals surface area contributed by atoms with Crippen LogP contribution in [0.4, 0.5) is 0 Å². The molecule has 0 bridgehead atoms. The van der Waals surface area contributed by atoms with Gasteiger partial charge in [0.05, 0.1) is 5.69 Å². The lowest BCUT2D eigenvalue weighted by Gasteiger charge is -2.32. The first-order valence-electron chi connectivity index (χ1n) is 10.1. The summed E-state index contributed by atoms with van der Waals surface area (Å²) in [6.45, 7) is 6.39. The van der Waals surface area contributed by atoms with Crippen LogP contribution in [0.3, 0.4) is 0 Å². The maximum Gasteiger partial charge on any atom is 0.253 e. The third-order valence-electron chi connectivity index (χ3n) is 5.60. The van der Waals surface area contributed by atoms with Crippen molar-refractivity contribution < 1.29 is 9.53 Å². The molecule has 1 fully saturated rings. The molecule has 0 aliphatic carbocycles. The molecular weight excluding hydrogens is 350 g/mol. The molecule has 5 nitrogen and oxygen atoms in total. The summed E-state index contributed by atoms with van der Waals surface area (Å²) in [7, 11) is 0. The minimum Gasteiger partial charge on any atom is -0.487 e. The topological polar surface area (TPSA) is 46.8 Å². The molecule has 146 valence electrons. The van der Waals surface area contributed by atoms with Gasteiger partial charge in [0.25, 0.3) is 5.91 Å². The summed E-state index contributed by atoms with van der Waals surface area (Å²) in [6.07, 6.45) is 7.45. The Balaban J connectivity index is 1.38. The van der Waals surface area contributed by atoms with Crippen molar-refractivity contribution in [1.82, 2.24) is 14.3 Å². The normalized spacial score (nSPS) is 17.1. The quantitative estimate of drug-likeness (QED) is 0.658. The summed E-state index contributed by atoms with van der Waals surface area (Å²) in [5.74, 6) is 1.50. The van der Waals surface area contributed by atoms with Gasteiger partial charge in [0.1, 0.15) is 18.0 Å². The van der Waals surface area contributed by atoms with Crippen molar-refractivity contribution in [2.45, 2.75) is 39.7 Å². The summed E-state index contributed by atoms with van der Waals surface area (Å²) in [5, 5.41) is 0. The molecule has 0 N–H and O–H groups in total. The Labute approximate surface area is 166 Å². The number of aromatic nitrogens is 2. The summed E-state index contributed by atoms with van der Waals surface area (Å²) in [5.41, 5.74) is 3.70. The second kappa shape index (κ2) is 8.05. The fraction of sp³-hybridized carbons (Fsp3) is 0.391. The predicted molar refractivity (Wildman–Crippen MR) is 110 cm³/mol. The number of ether oxygens (including phenoxy) is 1. The number of amides is 1. The average Bonchev–Trinajstić information content (AvgIpc) is 3.17. The third-order valence-corrected chi connectivity index (χ3v) is 5.60. The number of fused-ring (bicyclic) bond motifs is 1. The number of benzene rings is 1. The molecule has 2 aromatic heterocycles. The molecule has 1 aliphatic heterocycles. The second-order valence-electron chi connectivity index (χ2n) is 7.64. The van der Waals surface area contributed by atoms with Crippen LogP contribution in [0, 0.1) is 12.8 Å². The molecular formula is C23H27N3O2. The maximum absolute atomic E-state index is 12.8. The van der Waals surface area contributed by atoms with Gasteiger partial charge in [-0.05, 0) is 61.6 Å². The molecule has 4 rings (SSSR count). The second-order valence-corrected chi connectivity index (χ2v) is 7.64. The van der Waals surface area contributed by atoms with E-state index in [1.807, 2.05) is 65.0 Å². The summed E-state index contributed by atoms with van der Waals surface area (Å²) in [4.78, 5) is 19.4. The summed E-state index contributed by atoms with van der Waals surface area (Å²) >= 11 is 0. The van der Waals surface area contributed by atoms with Gasteiger partial charge in [-0.15, -0.1) is 0 Å². The Bertz CT molecular complexity index is 962. The van der Waals surface area contributed by atoms with Gasteiger partial charge in [-0.25, -0.2) is 4.98 Å². The fourth-order valence-corrected chi connectivity index (χ4v) is 3.89. The first-order valence-corrected chi connectivity index (χ1v) is 10.1. The zero-order valence-corrected chi connectivity index (χ0v) is 16.6. The van der Waals surface area contributed by atoms with E-state index in [1.165, 1.54) is 6.42 Å². The maximum atomic E-state index is 12.8. The van der Waals surface area contributed by atoms with Crippen molar-refractivity contribution in [3.05, 3.63) is 65.6 Å². The number of likely N-dealkylation sites (tertiary alicyclic amines) is 1. The largest absolute Gasteiger partial charge is 0.487 e. The van der Waals surface area contributed by atoms with Gasteiger partial charge < -0.3 is 14.0 Å². The van der Waals surface area contributed by atoms with Gasteiger partial charge in [0.2, 0.25) is 0 Å². The fourth-order valence-electron chi connectivity index (χ4n) is 3.89. The van der Waals surface area contributed by atoms with Crippen molar-refractivity contribution in [2.24, 2.45) is 5.92 Å². The van der Waals surface area contributed by atoms with Crippen LogP contribution >= 0.6 is 0 Å². The van der Waals surface area contributed by atoms with Crippen molar-refractivity contribution in [3.8, 4) is 5.75 Å². The van der Waals surface area contributed by atoms with Crippen LogP contribution in [0.25, 0.3) is 5.65 Å². The van der Waals surface area contributed by atoms with Crippen LogP contribution in [0.15, 0.2) is 48.8 Å². The van der Waals surface area contributed by atoms with Gasteiger partial charge in [0, 0.05) is 31.0 Å². The molecule has 5 heteroatoms. The van der Waals surface area contributed by atoms with E-state index >= 15 is 0 Å². The summed E-state index contributed by atoms with van der Waals surface area (Å²) < 4.78 is 7.89. The number of carbonyl (C=O) groups excluding carboxylic acids is 1. The minimum absolute atomic E-state index is 0.125. The Hall–Kier alpha value is -2.82. The summed E-state index contributed by atoms with van der Waals surface area (Å²) in [6, 6.07) is 11.5. The Morgan fingerprint density at radius 1 is 1.25 bits per heavy atom. The number of carbonyl (C=O) groups is 1. The van der Waals surface area contributed by atoms with E-state index in [1.54, 1.807) is 0 Å². The highest BCUT2D eigenvalue weighted by Crippen LogP contribution is 2.22. The van der Waals surface area contributed by atoms with Crippen molar-refractivity contribution in [1.29, 1.82) is 0 Å². The lowest BCUT2D eigenvalue weighted by molar-refractivity contribution is 0.0671. The molecule has 1 amide bonds.